The van der Waals surface area contributed by atoms with Crippen LogP contribution in [0, 0.1) is 0 Å². The molecule has 2 heterocycles. The minimum absolute atomic E-state index is 0. The quantitative estimate of drug-likeness (QED) is 0.893. The Morgan fingerprint density at radius 3 is 2.64 bits per heavy atom. The first-order chi connectivity index (χ1) is 10.0. The number of hydrogen-bond acceptors (Lipinski definition) is 2. The third-order valence-electron chi connectivity index (χ3n) is 4.97. The molecule has 3 nitrogen and oxygen atoms in total. The van der Waals surface area contributed by atoms with E-state index in [0.717, 1.165) is 37.9 Å². The first-order valence-electron chi connectivity index (χ1n) is 7.80. The van der Waals surface area contributed by atoms with Crippen molar-refractivity contribution in [3.8, 4) is 0 Å². The number of hydrogen-bond donors (Lipinski definition) is 1. The smallest absolute Gasteiger partial charge is 0.233 e. The highest BCUT2D eigenvalue weighted by Crippen LogP contribution is 2.36. The number of benzene rings is 1. The number of nitrogens with zero attached hydrogens (tertiary/aromatic N) is 1. The van der Waals surface area contributed by atoms with Crippen LogP contribution >= 0.6 is 24.0 Å². The molecule has 2 saturated heterocycles. The molecule has 1 amide bonds. The van der Waals surface area contributed by atoms with E-state index in [4.69, 9.17) is 11.6 Å². The molecule has 2 aliphatic heterocycles. The van der Waals surface area contributed by atoms with Gasteiger partial charge in [-0.1, -0.05) is 29.8 Å². The molecular weight excluding hydrogens is 319 g/mol. The first-order valence-corrected chi connectivity index (χ1v) is 8.18. The SMILES string of the molecule is CC(C)(C(=O)N1C2CCNCC1CC2)c1ccccc1Cl.Cl. The summed E-state index contributed by atoms with van der Waals surface area (Å²) in [5.74, 6) is 0.215. The van der Waals surface area contributed by atoms with E-state index in [1.54, 1.807) is 0 Å². The van der Waals surface area contributed by atoms with E-state index in [0.29, 0.717) is 17.1 Å². The fraction of sp³-hybridized carbons (Fsp3) is 0.588. The minimum atomic E-state index is -0.580. The zero-order valence-corrected chi connectivity index (χ0v) is 14.7. The van der Waals surface area contributed by atoms with Gasteiger partial charge < -0.3 is 10.2 Å². The second-order valence-electron chi connectivity index (χ2n) is 6.70. The molecule has 122 valence electrons. The van der Waals surface area contributed by atoms with Crippen LogP contribution in [0.25, 0.3) is 0 Å². The summed E-state index contributed by atoms with van der Waals surface area (Å²) in [5, 5.41) is 4.12. The number of carbonyl (C=O) groups is 1. The monoisotopic (exact) mass is 342 g/mol. The molecule has 0 saturated carbocycles. The van der Waals surface area contributed by atoms with Gasteiger partial charge in [0.1, 0.15) is 0 Å². The number of carbonyl (C=O) groups excluding carboxylic acids is 1. The van der Waals surface area contributed by atoms with E-state index < -0.39 is 5.41 Å². The normalized spacial score (nSPS) is 24.6. The molecule has 2 aliphatic rings. The molecule has 1 aromatic carbocycles. The fourth-order valence-corrected chi connectivity index (χ4v) is 4.09. The zero-order chi connectivity index (χ0) is 15.0. The van der Waals surface area contributed by atoms with Gasteiger partial charge in [0.05, 0.1) is 5.41 Å². The van der Waals surface area contributed by atoms with Crippen LogP contribution in [0.5, 0.6) is 0 Å². The second-order valence-corrected chi connectivity index (χ2v) is 7.10. The maximum absolute atomic E-state index is 13.2. The van der Waals surface area contributed by atoms with Crippen LogP contribution < -0.4 is 5.32 Å². The summed E-state index contributed by atoms with van der Waals surface area (Å²) in [6.45, 7) is 5.92. The Morgan fingerprint density at radius 1 is 1.23 bits per heavy atom. The number of rotatable bonds is 2. The van der Waals surface area contributed by atoms with Gasteiger partial charge in [-0.05, 0) is 51.3 Å². The largest absolute Gasteiger partial charge is 0.335 e. The Morgan fingerprint density at radius 2 is 1.91 bits per heavy atom. The van der Waals surface area contributed by atoms with Gasteiger partial charge in [0.15, 0.2) is 0 Å². The molecule has 2 fully saturated rings. The molecule has 22 heavy (non-hydrogen) atoms. The van der Waals surface area contributed by atoms with Crippen LogP contribution in [0.3, 0.4) is 0 Å². The van der Waals surface area contributed by atoms with Gasteiger partial charge >= 0.3 is 0 Å². The van der Waals surface area contributed by atoms with Gasteiger partial charge in [0.25, 0.3) is 0 Å². The summed E-state index contributed by atoms with van der Waals surface area (Å²) in [5.41, 5.74) is 0.344. The topological polar surface area (TPSA) is 32.3 Å². The number of fused-ring (bicyclic) bond motifs is 2. The predicted octanol–water partition coefficient (Wildman–Crippen LogP) is 3.39. The Kier molecular flexibility index (Phi) is 5.41. The van der Waals surface area contributed by atoms with Crippen LogP contribution in [0.4, 0.5) is 0 Å². The highest BCUT2D eigenvalue weighted by molar-refractivity contribution is 6.31. The third-order valence-corrected chi connectivity index (χ3v) is 5.30. The predicted molar refractivity (Wildman–Crippen MR) is 92.9 cm³/mol. The van der Waals surface area contributed by atoms with Gasteiger partial charge in [-0.3, -0.25) is 4.79 Å². The van der Waals surface area contributed by atoms with Gasteiger partial charge in [0.2, 0.25) is 5.91 Å². The lowest BCUT2D eigenvalue weighted by molar-refractivity contribution is -0.139. The van der Waals surface area contributed by atoms with Crippen molar-refractivity contribution < 1.29 is 4.79 Å². The molecule has 3 rings (SSSR count). The van der Waals surface area contributed by atoms with Crippen LogP contribution in [-0.2, 0) is 10.2 Å². The summed E-state index contributed by atoms with van der Waals surface area (Å²) < 4.78 is 0. The maximum atomic E-state index is 13.2. The Bertz CT molecular complexity index is 533. The Labute approximate surface area is 143 Å². The first kappa shape index (κ1) is 17.6. The second kappa shape index (κ2) is 6.77. The lowest BCUT2D eigenvalue weighted by Crippen LogP contribution is -2.50. The van der Waals surface area contributed by atoms with Crippen molar-refractivity contribution >= 4 is 29.9 Å². The van der Waals surface area contributed by atoms with Crippen molar-refractivity contribution in [1.29, 1.82) is 0 Å². The molecule has 0 radical (unpaired) electrons. The van der Waals surface area contributed by atoms with Gasteiger partial charge in [-0.25, -0.2) is 0 Å². The molecule has 0 aromatic heterocycles. The summed E-state index contributed by atoms with van der Waals surface area (Å²) in [7, 11) is 0. The summed E-state index contributed by atoms with van der Waals surface area (Å²) in [4.78, 5) is 15.4. The van der Waals surface area contributed by atoms with Gasteiger partial charge in [0, 0.05) is 23.7 Å². The fourth-order valence-electron chi connectivity index (χ4n) is 3.72. The lowest BCUT2D eigenvalue weighted by Gasteiger charge is -2.36. The summed E-state index contributed by atoms with van der Waals surface area (Å²) in [6, 6.07) is 8.43. The van der Waals surface area contributed by atoms with E-state index in [-0.39, 0.29) is 18.3 Å². The highest BCUT2D eigenvalue weighted by atomic mass is 35.5. The van der Waals surface area contributed by atoms with E-state index >= 15 is 0 Å². The van der Waals surface area contributed by atoms with Gasteiger partial charge in [-0.15, -0.1) is 12.4 Å². The van der Waals surface area contributed by atoms with Crippen LogP contribution in [-0.4, -0.2) is 36.0 Å². The van der Waals surface area contributed by atoms with Crippen molar-refractivity contribution in [2.45, 2.75) is 50.6 Å². The molecule has 2 unspecified atom stereocenters. The molecule has 0 aliphatic carbocycles. The third kappa shape index (κ3) is 2.99. The Hall–Kier alpha value is -0.770. The standard InChI is InChI=1S/C17H23ClN2O.ClH/c1-17(2,14-5-3-4-6-15(14)18)16(21)20-12-7-8-13(20)11-19-10-9-12;/h3-6,12-13,19H,7-11H2,1-2H3;1H. The minimum Gasteiger partial charge on any atom is -0.335 e. The van der Waals surface area contributed by atoms with Crippen molar-refractivity contribution in [3.05, 3.63) is 34.9 Å². The molecule has 5 heteroatoms. The van der Waals surface area contributed by atoms with Crippen molar-refractivity contribution in [3.63, 3.8) is 0 Å². The van der Waals surface area contributed by atoms with E-state index in [9.17, 15) is 4.79 Å². The van der Waals surface area contributed by atoms with Crippen molar-refractivity contribution in [2.75, 3.05) is 13.1 Å². The molecular formula is C17H24Cl2N2O. The summed E-state index contributed by atoms with van der Waals surface area (Å²) in [6.07, 6.45) is 3.31. The van der Waals surface area contributed by atoms with Crippen LogP contribution in [0.2, 0.25) is 5.02 Å². The van der Waals surface area contributed by atoms with E-state index in [2.05, 4.69) is 10.2 Å². The van der Waals surface area contributed by atoms with Crippen LogP contribution in [0.1, 0.15) is 38.7 Å². The maximum Gasteiger partial charge on any atom is 0.233 e. The average molecular weight is 343 g/mol. The average Bonchev–Trinajstić information content (AvgIpc) is 2.71. The van der Waals surface area contributed by atoms with E-state index in [1.165, 1.54) is 0 Å². The molecule has 2 bridgehead atoms. The molecule has 2 atom stereocenters. The molecule has 1 aromatic rings. The number of amides is 1. The lowest BCUT2D eigenvalue weighted by atomic mass is 9.82. The number of nitrogens with one attached hydrogen (secondary N) is 1. The highest BCUT2D eigenvalue weighted by Gasteiger charge is 2.44. The molecule has 1 N–H and O–H groups in total. The summed E-state index contributed by atoms with van der Waals surface area (Å²) >= 11 is 6.33. The van der Waals surface area contributed by atoms with Crippen molar-refractivity contribution in [2.24, 2.45) is 0 Å². The van der Waals surface area contributed by atoms with Crippen LogP contribution in [0.15, 0.2) is 24.3 Å². The van der Waals surface area contributed by atoms with Crippen molar-refractivity contribution in [1.82, 2.24) is 10.2 Å². The molecule has 0 spiro atoms. The number of halogens is 2. The Balaban J connectivity index is 0.00000176. The van der Waals surface area contributed by atoms with Gasteiger partial charge in [-0.2, -0.15) is 0 Å². The zero-order valence-electron chi connectivity index (χ0n) is 13.1. The van der Waals surface area contributed by atoms with E-state index in [1.807, 2.05) is 38.1 Å².